The normalized spacial score (nSPS) is 21.2. The van der Waals surface area contributed by atoms with Crippen LogP contribution < -0.4 is 5.32 Å². The van der Waals surface area contributed by atoms with E-state index in [1.54, 1.807) is 7.05 Å². The predicted molar refractivity (Wildman–Crippen MR) is 62.7 cm³/mol. The lowest BCUT2D eigenvalue weighted by Crippen LogP contribution is -2.16. The third-order valence-electron chi connectivity index (χ3n) is 2.83. The molecule has 3 nitrogen and oxygen atoms in total. The number of thiazole rings is 1. The first-order valence-corrected chi connectivity index (χ1v) is 6.63. The van der Waals surface area contributed by atoms with Crippen molar-refractivity contribution in [3.63, 3.8) is 0 Å². The molecule has 1 aromatic rings. The Kier molecular flexibility index (Phi) is 4.24. The molecular formula is C11H15F3N2OS. The average molecular weight is 280 g/mol. The van der Waals surface area contributed by atoms with Gasteiger partial charge < -0.3 is 10.1 Å². The molecule has 102 valence electrons. The third-order valence-corrected chi connectivity index (χ3v) is 4.05. The second-order valence-corrected chi connectivity index (χ2v) is 5.38. The van der Waals surface area contributed by atoms with Crippen LogP contribution in [0.15, 0.2) is 0 Å². The Morgan fingerprint density at radius 1 is 1.50 bits per heavy atom. The summed E-state index contributed by atoms with van der Waals surface area (Å²) in [5, 5.41) is 3.30. The van der Waals surface area contributed by atoms with Crippen molar-refractivity contribution >= 4 is 11.3 Å². The zero-order valence-electron chi connectivity index (χ0n) is 10.0. The highest BCUT2D eigenvalue weighted by Gasteiger charge is 2.38. The lowest BCUT2D eigenvalue weighted by molar-refractivity contribution is -0.141. The Labute approximate surface area is 107 Å². The summed E-state index contributed by atoms with van der Waals surface area (Å²) in [4.78, 5) is 4.05. The van der Waals surface area contributed by atoms with Crippen molar-refractivity contribution in [1.29, 1.82) is 0 Å². The van der Waals surface area contributed by atoms with E-state index < -0.39 is 11.9 Å². The molecule has 1 aliphatic heterocycles. The van der Waals surface area contributed by atoms with Crippen LogP contribution >= 0.6 is 11.3 Å². The van der Waals surface area contributed by atoms with Crippen molar-refractivity contribution < 1.29 is 17.9 Å². The van der Waals surface area contributed by atoms with Crippen LogP contribution in [0, 0.1) is 0 Å². The van der Waals surface area contributed by atoms with Gasteiger partial charge in [0.1, 0.15) is 0 Å². The van der Waals surface area contributed by atoms with E-state index in [4.69, 9.17) is 4.74 Å². The Balaban J connectivity index is 2.26. The Morgan fingerprint density at radius 2 is 2.28 bits per heavy atom. The molecule has 1 aliphatic rings. The second-order valence-electron chi connectivity index (χ2n) is 4.27. The van der Waals surface area contributed by atoms with Crippen LogP contribution in [-0.4, -0.2) is 25.2 Å². The Morgan fingerprint density at radius 3 is 2.83 bits per heavy atom. The summed E-state index contributed by atoms with van der Waals surface area (Å²) >= 11 is 1.14. The van der Waals surface area contributed by atoms with Gasteiger partial charge in [-0.2, -0.15) is 13.2 Å². The van der Waals surface area contributed by atoms with Gasteiger partial charge in [-0.05, 0) is 19.9 Å². The maximum absolute atomic E-state index is 12.8. The number of rotatable bonds is 3. The minimum atomic E-state index is -4.38. The van der Waals surface area contributed by atoms with Gasteiger partial charge in [0.05, 0.1) is 16.5 Å². The van der Waals surface area contributed by atoms with Crippen LogP contribution in [0.5, 0.6) is 0 Å². The molecular weight excluding hydrogens is 265 g/mol. The highest BCUT2D eigenvalue weighted by molar-refractivity contribution is 7.11. The summed E-state index contributed by atoms with van der Waals surface area (Å²) in [6, 6.07) is 0. The van der Waals surface area contributed by atoms with Gasteiger partial charge in [0.2, 0.25) is 0 Å². The van der Waals surface area contributed by atoms with Gasteiger partial charge in [0, 0.05) is 19.1 Å². The molecule has 1 unspecified atom stereocenters. The molecule has 1 fully saturated rings. The van der Waals surface area contributed by atoms with E-state index in [0.29, 0.717) is 18.2 Å². The van der Waals surface area contributed by atoms with Crippen molar-refractivity contribution in [1.82, 2.24) is 10.3 Å². The summed E-state index contributed by atoms with van der Waals surface area (Å²) < 4.78 is 43.8. The summed E-state index contributed by atoms with van der Waals surface area (Å²) in [6.07, 6.45) is -2.65. The van der Waals surface area contributed by atoms with Gasteiger partial charge in [0.25, 0.3) is 0 Å². The molecule has 0 aliphatic carbocycles. The number of hydrogen-bond acceptors (Lipinski definition) is 4. The van der Waals surface area contributed by atoms with E-state index in [9.17, 15) is 13.2 Å². The minimum absolute atomic E-state index is 0.00968. The van der Waals surface area contributed by atoms with Crippen LogP contribution in [0.25, 0.3) is 0 Å². The Bertz CT molecular complexity index is 399. The predicted octanol–water partition coefficient (Wildman–Crippen LogP) is 2.78. The molecule has 1 atom stereocenters. The molecule has 0 radical (unpaired) electrons. The molecule has 0 aromatic carbocycles. The van der Waals surface area contributed by atoms with Crippen LogP contribution in [0.4, 0.5) is 13.2 Å². The number of nitrogens with zero attached hydrogens (tertiary/aromatic N) is 1. The van der Waals surface area contributed by atoms with E-state index in [2.05, 4.69) is 10.3 Å². The van der Waals surface area contributed by atoms with E-state index >= 15 is 0 Å². The molecule has 2 rings (SSSR count). The minimum Gasteiger partial charge on any atom is -0.381 e. The first-order chi connectivity index (χ1) is 8.52. The van der Waals surface area contributed by atoms with Crippen molar-refractivity contribution in [3.8, 4) is 0 Å². The lowest BCUT2D eigenvalue weighted by Gasteiger charge is -2.19. The van der Waals surface area contributed by atoms with E-state index in [1.165, 1.54) is 0 Å². The molecule has 1 saturated heterocycles. The topological polar surface area (TPSA) is 34.1 Å². The lowest BCUT2D eigenvalue weighted by atomic mass is 10.0. The largest absolute Gasteiger partial charge is 0.434 e. The first-order valence-electron chi connectivity index (χ1n) is 5.81. The van der Waals surface area contributed by atoms with Gasteiger partial charge >= 0.3 is 6.18 Å². The van der Waals surface area contributed by atoms with E-state index in [1.807, 2.05) is 0 Å². The number of halogens is 3. The Hall–Kier alpha value is -0.660. The smallest absolute Gasteiger partial charge is 0.381 e. The van der Waals surface area contributed by atoms with E-state index in [-0.39, 0.29) is 17.3 Å². The molecule has 1 N–H and O–H groups in total. The molecule has 1 aromatic heterocycles. The van der Waals surface area contributed by atoms with Crippen molar-refractivity contribution in [2.75, 3.05) is 20.3 Å². The standard InChI is InChI=1S/C11H15F3N2OS/c1-15-5-8-9(11(12,13)14)16-10(18-8)7-3-2-4-17-6-7/h7,15H,2-6H2,1H3. The van der Waals surface area contributed by atoms with Gasteiger partial charge in [-0.15, -0.1) is 11.3 Å². The number of aromatic nitrogens is 1. The van der Waals surface area contributed by atoms with Crippen LogP contribution in [0.2, 0.25) is 0 Å². The summed E-state index contributed by atoms with van der Waals surface area (Å²) in [5.74, 6) is 0.00968. The quantitative estimate of drug-likeness (QED) is 0.924. The molecule has 0 saturated carbocycles. The number of nitrogens with one attached hydrogen (secondary N) is 1. The molecule has 0 amide bonds. The maximum atomic E-state index is 12.8. The maximum Gasteiger partial charge on any atom is 0.434 e. The summed E-state index contributed by atoms with van der Waals surface area (Å²) in [6.45, 7) is 1.36. The third kappa shape index (κ3) is 3.02. The van der Waals surface area contributed by atoms with Gasteiger partial charge in [0.15, 0.2) is 5.69 Å². The zero-order valence-corrected chi connectivity index (χ0v) is 10.8. The molecule has 2 heterocycles. The molecule has 7 heteroatoms. The van der Waals surface area contributed by atoms with Gasteiger partial charge in [-0.1, -0.05) is 0 Å². The number of ether oxygens (including phenoxy) is 1. The SMILES string of the molecule is CNCc1sc(C2CCCOC2)nc1C(F)(F)F. The van der Waals surface area contributed by atoms with Crippen molar-refractivity contribution in [2.24, 2.45) is 0 Å². The zero-order chi connectivity index (χ0) is 13.2. The van der Waals surface area contributed by atoms with Gasteiger partial charge in [-0.25, -0.2) is 4.98 Å². The van der Waals surface area contributed by atoms with Crippen molar-refractivity contribution in [3.05, 3.63) is 15.6 Å². The number of alkyl halides is 3. The van der Waals surface area contributed by atoms with Gasteiger partial charge in [-0.3, -0.25) is 0 Å². The first kappa shape index (κ1) is 13.8. The highest BCUT2D eigenvalue weighted by atomic mass is 32.1. The molecule has 0 bridgehead atoms. The second kappa shape index (κ2) is 5.54. The van der Waals surface area contributed by atoms with Crippen molar-refractivity contribution in [2.45, 2.75) is 31.5 Å². The summed E-state index contributed by atoms with van der Waals surface area (Å²) in [7, 11) is 1.63. The van der Waals surface area contributed by atoms with E-state index in [0.717, 1.165) is 24.2 Å². The van der Waals surface area contributed by atoms with Crippen LogP contribution in [0.3, 0.4) is 0 Å². The molecule has 0 spiro atoms. The number of hydrogen-bond donors (Lipinski definition) is 1. The highest BCUT2D eigenvalue weighted by Crippen LogP contribution is 2.38. The fourth-order valence-electron chi connectivity index (χ4n) is 1.98. The fourth-order valence-corrected chi connectivity index (χ4v) is 3.20. The monoisotopic (exact) mass is 280 g/mol. The van der Waals surface area contributed by atoms with Crippen LogP contribution in [0.1, 0.15) is 34.3 Å². The average Bonchev–Trinajstić information content (AvgIpc) is 2.75. The van der Waals surface area contributed by atoms with Crippen LogP contribution in [-0.2, 0) is 17.5 Å². The molecule has 18 heavy (non-hydrogen) atoms. The fraction of sp³-hybridized carbons (Fsp3) is 0.727. The summed E-state index contributed by atoms with van der Waals surface area (Å²) in [5.41, 5.74) is -0.748.